The summed E-state index contributed by atoms with van der Waals surface area (Å²) in [5, 5.41) is 9.87. The third-order valence-corrected chi connectivity index (χ3v) is 5.72. The minimum Gasteiger partial charge on any atom is -0.505 e. The molecule has 6 heteroatoms. The van der Waals surface area contributed by atoms with E-state index in [1.165, 1.54) is 12.1 Å². The van der Waals surface area contributed by atoms with E-state index in [9.17, 15) is 9.90 Å². The molecule has 2 heterocycles. The van der Waals surface area contributed by atoms with Crippen LogP contribution in [-0.4, -0.2) is 15.3 Å². The first-order valence-electron chi connectivity index (χ1n) is 8.05. The van der Waals surface area contributed by atoms with Crippen molar-refractivity contribution in [3.8, 4) is 16.9 Å². The summed E-state index contributed by atoms with van der Waals surface area (Å²) in [4.78, 5) is 13.4. The Morgan fingerprint density at radius 1 is 0.963 bits per heavy atom. The second-order valence-electron chi connectivity index (χ2n) is 5.98. The van der Waals surface area contributed by atoms with Gasteiger partial charge in [-0.15, -0.1) is 0 Å². The number of hydrogen-bond acceptors (Lipinski definition) is 2. The van der Waals surface area contributed by atoms with Gasteiger partial charge in [-0.05, 0) is 45.8 Å². The standard InChI is InChI=1S/C21H12BrCl2NO2/c22-18-16-8-4-5-9-25(16)19(17(18)12-6-2-1-3-7-12)20(26)13-10-14(23)21(27)15(24)11-13/h1-11,27H. The van der Waals surface area contributed by atoms with Crippen LogP contribution in [-0.2, 0) is 0 Å². The summed E-state index contributed by atoms with van der Waals surface area (Å²) < 4.78 is 2.66. The van der Waals surface area contributed by atoms with Gasteiger partial charge in [0.05, 0.1) is 20.0 Å². The number of aromatic hydroxyl groups is 1. The molecule has 1 N–H and O–H groups in total. The number of carbonyl (C=O) groups excluding carboxylic acids is 1. The number of hydrogen-bond donors (Lipinski definition) is 1. The average Bonchev–Trinajstić information content (AvgIpc) is 2.98. The van der Waals surface area contributed by atoms with E-state index in [4.69, 9.17) is 23.2 Å². The summed E-state index contributed by atoms with van der Waals surface area (Å²) in [5.41, 5.74) is 3.35. The highest BCUT2D eigenvalue weighted by molar-refractivity contribution is 9.10. The quantitative estimate of drug-likeness (QED) is 0.349. The van der Waals surface area contributed by atoms with Crippen LogP contribution < -0.4 is 0 Å². The maximum absolute atomic E-state index is 13.4. The zero-order valence-corrected chi connectivity index (χ0v) is 16.9. The lowest BCUT2D eigenvalue weighted by molar-refractivity contribution is 0.103. The van der Waals surface area contributed by atoms with E-state index in [0.717, 1.165) is 21.1 Å². The van der Waals surface area contributed by atoms with E-state index in [2.05, 4.69) is 15.9 Å². The van der Waals surface area contributed by atoms with Crippen LogP contribution in [0.2, 0.25) is 10.0 Å². The molecule has 0 bridgehead atoms. The summed E-state index contributed by atoms with van der Waals surface area (Å²) in [6.45, 7) is 0. The summed E-state index contributed by atoms with van der Waals surface area (Å²) in [5.74, 6) is -0.482. The fraction of sp³-hybridized carbons (Fsp3) is 0. The van der Waals surface area contributed by atoms with Gasteiger partial charge in [-0.2, -0.15) is 0 Å². The van der Waals surface area contributed by atoms with Gasteiger partial charge in [-0.25, -0.2) is 0 Å². The first-order valence-corrected chi connectivity index (χ1v) is 9.60. The number of benzene rings is 2. The molecule has 0 saturated carbocycles. The van der Waals surface area contributed by atoms with Crippen molar-refractivity contribution in [2.45, 2.75) is 0 Å². The molecular formula is C21H12BrCl2NO2. The number of aromatic nitrogens is 1. The molecule has 134 valence electrons. The number of halogens is 3. The Morgan fingerprint density at radius 2 is 1.59 bits per heavy atom. The molecule has 0 fully saturated rings. The van der Waals surface area contributed by atoms with E-state index < -0.39 is 0 Å². The van der Waals surface area contributed by atoms with Crippen LogP contribution in [0.3, 0.4) is 0 Å². The Bertz CT molecular complexity index is 1160. The Kier molecular flexibility index (Phi) is 4.72. The van der Waals surface area contributed by atoms with Crippen molar-refractivity contribution >= 4 is 50.4 Å². The Hall–Kier alpha value is -2.27. The van der Waals surface area contributed by atoms with Crippen LogP contribution >= 0.6 is 39.1 Å². The van der Waals surface area contributed by atoms with Crippen molar-refractivity contribution < 1.29 is 9.90 Å². The lowest BCUT2D eigenvalue weighted by atomic mass is 10.00. The van der Waals surface area contributed by atoms with E-state index >= 15 is 0 Å². The monoisotopic (exact) mass is 459 g/mol. The molecule has 2 aromatic carbocycles. The highest BCUT2D eigenvalue weighted by Crippen LogP contribution is 2.39. The fourth-order valence-electron chi connectivity index (χ4n) is 3.09. The van der Waals surface area contributed by atoms with Crippen molar-refractivity contribution in [3.05, 3.63) is 92.6 Å². The van der Waals surface area contributed by atoms with Crippen molar-refractivity contribution in [3.63, 3.8) is 0 Å². The Morgan fingerprint density at radius 3 is 2.26 bits per heavy atom. The van der Waals surface area contributed by atoms with Crippen LogP contribution in [0.4, 0.5) is 0 Å². The second-order valence-corrected chi connectivity index (χ2v) is 7.58. The van der Waals surface area contributed by atoms with Gasteiger partial charge in [0.2, 0.25) is 5.78 Å². The number of carbonyl (C=O) groups is 1. The van der Waals surface area contributed by atoms with Gasteiger partial charge in [0.1, 0.15) is 5.69 Å². The van der Waals surface area contributed by atoms with E-state index in [1.54, 1.807) is 0 Å². The minimum absolute atomic E-state index is 0.0343. The maximum Gasteiger partial charge on any atom is 0.210 e. The van der Waals surface area contributed by atoms with Crippen molar-refractivity contribution in [2.75, 3.05) is 0 Å². The zero-order chi connectivity index (χ0) is 19.1. The van der Waals surface area contributed by atoms with E-state index in [-0.39, 0.29) is 21.6 Å². The van der Waals surface area contributed by atoms with Gasteiger partial charge in [0.25, 0.3) is 0 Å². The number of ketones is 1. The molecule has 4 aromatic rings. The molecule has 0 spiro atoms. The number of nitrogens with zero attached hydrogens (tertiary/aromatic N) is 1. The molecule has 0 atom stereocenters. The van der Waals surface area contributed by atoms with Crippen LogP contribution in [0.25, 0.3) is 16.6 Å². The topological polar surface area (TPSA) is 41.7 Å². The number of pyridine rings is 1. The average molecular weight is 461 g/mol. The number of phenols is 1. The SMILES string of the molecule is O=C(c1cc(Cl)c(O)c(Cl)c1)c1c(-c2ccccc2)c(Br)c2ccccn12. The summed E-state index contributed by atoms with van der Waals surface area (Å²) >= 11 is 15.7. The third kappa shape index (κ3) is 3.04. The van der Waals surface area contributed by atoms with Crippen LogP contribution in [0.1, 0.15) is 16.1 Å². The van der Waals surface area contributed by atoms with Crippen LogP contribution in [0.15, 0.2) is 71.3 Å². The first kappa shape index (κ1) is 18.1. The van der Waals surface area contributed by atoms with Crippen molar-refractivity contribution in [2.24, 2.45) is 0 Å². The van der Waals surface area contributed by atoms with Gasteiger partial charge in [0.15, 0.2) is 5.75 Å². The predicted molar refractivity (Wildman–Crippen MR) is 112 cm³/mol. The third-order valence-electron chi connectivity index (χ3n) is 4.34. The summed E-state index contributed by atoms with van der Waals surface area (Å²) in [6, 6.07) is 18.2. The molecule has 27 heavy (non-hydrogen) atoms. The van der Waals surface area contributed by atoms with Gasteiger partial charge >= 0.3 is 0 Å². The number of fused-ring (bicyclic) bond motifs is 1. The molecule has 0 aliphatic carbocycles. The first-order chi connectivity index (χ1) is 13.0. The fourth-order valence-corrected chi connectivity index (χ4v) is 4.32. The Labute approximate surface area is 173 Å². The maximum atomic E-state index is 13.4. The molecule has 0 radical (unpaired) electrons. The molecule has 0 amide bonds. The molecule has 4 rings (SSSR count). The van der Waals surface area contributed by atoms with Crippen LogP contribution in [0, 0.1) is 0 Å². The number of phenolic OH excluding ortho intramolecular Hbond substituents is 1. The molecule has 3 nitrogen and oxygen atoms in total. The molecule has 2 aromatic heterocycles. The zero-order valence-electron chi connectivity index (χ0n) is 13.8. The highest BCUT2D eigenvalue weighted by Gasteiger charge is 2.25. The van der Waals surface area contributed by atoms with Crippen molar-refractivity contribution in [1.82, 2.24) is 4.40 Å². The molecule has 0 saturated heterocycles. The van der Waals surface area contributed by atoms with Gasteiger partial charge in [-0.3, -0.25) is 4.79 Å². The van der Waals surface area contributed by atoms with Crippen LogP contribution in [0.5, 0.6) is 5.75 Å². The summed E-state index contributed by atoms with van der Waals surface area (Å²) in [7, 11) is 0. The lowest BCUT2D eigenvalue weighted by Gasteiger charge is -2.09. The second kappa shape index (κ2) is 7.04. The number of rotatable bonds is 3. The van der Waals surface area contributed by atoms with Gasteiger partial charge in [-0.1, -0.05) is 59.6 Å². The molecule has 0 aliphatic heterocycles. The van der Waals surface area contributed by atoms with E-state index in [0.29, 0.717) is 11.3 Å². The van der Waals surface area contributed by atoms with Gasteiger partial charge in [0, 0.05) is 17.3 Å². The molecular weight excluding hydrogens is 449 g/mol. The van der Waals surface area contributed by atoms with Crippen molar-refractivity contribution in [1.29, 1.82) is 0 Å². The van der Waals surface area contributed by atoms with Gasteiger partial charge < -0.3 is 9.51 Å². The Balaban J connectivity index is 2.03. The predicted octanol–water partition coefficient (Wildman–Crippen LogP) is 6.61. The summed E-state index contributed by atoms with van der Waals surface area (Å²) in [6.07, 6.45) is 1.84. The smallest absolute Gasteiger partial charge is 0.210 e. The molecule has 0 unspecified atom stereocenters. The lowest BCUT2D eigenvalue weighted by Crippen LogP contribution is -2.07. The van der Waals surface area contributed by atoms with E-state index in [1.807, 2.05) is 59.1 Å². The largest absolute Gasteiger partial charge is 0.505 e. The molecule has 0 aliphatic rings. The minimum atomic E-state index is -0.246. The normalized spacial score (nSPS) is 11.1. The highest BCUT2D eigenvalue weighted by atomic mass is 79.9.